The molecule has 2 rings (SSSR count). The highest BCUT2D eigenvalue weighted by molar-refractivity contribution is 5.79. The lowest BCUT2D eigenvalue weighted by molar-refractivity contribution is -0.134. The van der Waals surface area contributed by atoms with E-state index in [0.717, 1.165) is 0 Å². The fraction of sp³-hybridized carbons (Fsp3) is 0.579. The average molecular weight is 347 g/mol. The van der Waals surface area contributed by atoms with Crippen LogP contribution in [0, 0.1) is 0 Å². The van der Waals surface area contributed by atoms with Crippen molar-refractivity contribution >= 4 is 11.9 Å². The molecule has 1 aromatic rings. The zero-order valence-corrected chi connectivity index (χ0v) is 15.7. The van der Waals surface area contributed by atoms with Gasteiger partial charge in [-0.25, -0.2) is 4.79 Å². The second-order valence-corrected chi connectivity index (χ2v) is 7.27. The standard InChI is InChI=1S/C19H29N3O3/c1-5-20-18(24)22-12-10-21(11-13-22)17(23)14-25-16-8-6-15(7-9-16)19(2,3)4/h6-9H,5,10-14H2,1-4H3,(H,20,24). The van der Waals surface area contributed by atoms with Gasteiger partial charge in [0, 0.05) is 32.7 Å². The highest BCUT2D eigenvalue weighted by Gasteiger charge is 2.24. The third-order valence-electron chi connectivity index (χ3n) is 4.33. The molecule has 0 unspecified atom stereocenters. The first-order chi connectivity index (χ1) is 11.8. The lowest BCUT2D eigenvalue weighted by Gasteiger charge is -2.34. The van der Waals surface area contributed by atoms with Crippen molar-refractivity contribution in [2.75, 3.05) is 39.3 Å². The fourth-order valence-electron chi connectivity index (χ4n) is 2.71. The molecule has 138 valence electrons. The summed E-state index contributed by atoms with van der Waals surface area (Å²) in [6.45, 7) is 11.2. The van der Waals surface area contributed by atoms with Gasteiger partial charge in [-0.1, -0.05) is 32.9 Å². The summed E-state index contributed by atoms with van der Waals surface area (Å²) in [5, 5.41) is 2.78. The van der Waals surface area contributed by atoms with Crippen LogP contribution in [-0.2, 0) is 10.2 Å². The normalized spacial score (nSPS) is 15.0. The Morgan fingerprint density at radius 1 is 1.04 bits per heavy atom. The molecule has 1 fully saturated rings. The van der Waals surface area contributed by atoms with Crippen LogP contribution < -0.4 is 10.1 Å². The molecule has 0 spiro atoms. The molecule has 0 saturated carbocycles. The molecule has 1 aliphatic heterocycles. The molecule has 0 atom stereocenters. The van der Waals surface area contributed by atoms with Gasteiger partial charge in [-0.3, -0.25) is 4.79 Å². The van der Waals surface area contributed by atoms with Crippen molar-refractivity contribution < 1.29 is 14.3 Å². The van der Waals surface area contributed by atoms with Crippen molar-refractivity contribution in [2.45, 2.75) is 33.1 Å². The van der Waals surface area contributed by atoms with Gasteiger partial charge in [0.2, 0.25) is 0 Å². The SMILES string of the molecule is CCNC(=O)N1CCN(C(=O)COc2ccc(C(C)(C)C)cc2)CC1. The Bertz CT molecular complexity index is 585. The molecule has 6 nitrogen and oxygen atoms in total. The molecule has 3 amide bonds. The number of nitrogens with zero attached hydrogens (tertiary/aromatic N) is 2. The predicted molar refractivity (Wildman–Crippen MR) is 97.9 cm³/mol. The van der Waals surface area contributed by atoms with Crippen LogP contribution >= 0.6 is 0 Å². The van der Waals surface area contributed by atoms with Crippen LogP contribution in [0.1, 0.15) is 33.3 Å². The molecule has 0 bridgehead atoms. The number of carbonyl (C=O) groups excluding carboxylic acids is 2. The monoisotopic (exact) mass is 347 g/mol. The minimum absolute atomic E-state index is 0.0238. The second-order valence-electron chi connectivity index (χ2n) is 7.27. The van der Waals surface area contributed by atoms with E-state index in [9.17, 15) is 9.59 Å². The minimum Gasteiger partial charge on any atom is -0.484 e. The van der Waals surface area contributed by atoms with Gasteiger partial charge in [-0.15, -0.1) is 0 Å². The zero-order chi connectivity index (χ0) is 18.4. The van der Waals surface area contributed by atoms with Crippen LogP contribution in [0.2, 0.25) is 0 Å². The summed E-state index contributed by atoms with van der Waals surface area (Å²) in [6, 6.07) is 7.81. The number of carbonyl (C=O) groups is 2. The van der Waals surface area contributed by atoms with E-state index in [-0.39, 0.29) is 24.0 Å². The zero-order valence-electron chi connectivity index (χ0n) is 15.7. The summed E-state index contributed by atoms with van der Waals surface area (Å²) in [5.74, 6) is 0.651. The summed E-state index contributed by atoms with van der Waals surface area (Å²) in [7, 11) is 0. The largest absolute Gasteiger partial charge is 0.484 e. The lowest BCUT2D eigenvalue weighted by Crippen LogP contribution is -2.53. The Morgan fingerprint density at radius 3 is 2.12 bits per heavy atom. The average Bonchev–Trinajstić information content (AvgIpc) is 2.59. The van der Waals surface area contributed by atoms with E-state index in [4.69, 9.17) is 4.74 Å². The van der Waals surface area contributed by atoms with Gasteiger partial charge in [-0.2, -0.15) is 0 Å². The summed E-state index contributed by atoms with van der Waals surface area (Å²) in [5.41, 5.74) is 1.32. The van der Waals surface area contributed by atoms with Crippen LogP contribution in [-0.4, -0.2) is 61.1 Å². The van der Waals surface area contributed by atoms with Crippen LogP contribution in [0.25, 0.3) is 0 Å². The first-order valence-corrected chi connectivity index (χ1v) is 8.85. The molecule has 0 aliphatic carbocycles. The summed E-state index contributed by atoms with van der Waals surface area (Å²) in [4.78, 5) is 27.5. The minimum atomic E-state index is -0.0650. The molecule has 1 saturated heterocycles. The Hall–Kier alpha value is -2.24. The maximum absolute atomic E-state index is 12.3. The first-order valence-electron chi connectivity index (χ1n) is 8.85. The predicted octanol–water partition coefficient (Wildman–Crippen LogP) is 2.24. The van der Waals surface area contributed by atoms with Gasteiger partial charge in [0.25, 0.3) is 5.91 Å². The number of nitrogens with one attached hydrogen (secondary N) is 1. The van der Waals surface area contributed by atoms with E-state index < -0.39 is 0 Å². The maximum atomic E-state index is 12.3. The van der Waals surface area contributed by atoms with Crippen molar-refractivity contribution in [1.29, 1.82) is 0 Å². The number of amides is 3. The lowest BCUT2D eigenvalue weighted by atomic mass is 9.87. The number of hydrogen-bond donors (Lipinski definition) is 1. The molecule has 1 N–H and O–H groups in total. The number of piperazine rings is 1. The van der Waals surface area contributed by atoms with Gasteiger partial charge in [0.05, 0.1) is 0 Å². The highest BCUT2D eigenvalue weighted by Crippen LogP contribution is 2.24. The van der Waals surface area contributed by atoms with Crippen molar-refractivity contribution in [3.63, 3.8) is 0 Å². The first kappa shape index (κ1) is 19.1. The maximum Gasteiger partial charge on any atom is 0.317 e. The van der Waals surface area contributed by atoms with Gasteiger partial charge in [0.1, 0.15) is 5.75 Å². The summed E-state index contributed by atoms with van der Waals surface area (Å²) < 4.78 is 5.62. The Morgan fingerprint density at radius 2 is 1.60 bits per heavy atom. The molecular formula is C19H29N3O3. The molecule has 25 heavy (non-hydrogen) atoms. The third kappa shape index (κ3) is 5.37. The van der Waals surface area contributed by atoms with Crippen LogP contribution in [0.5, 0.6) is 5.75 Å². The van der Waals surface area contributed by atoms with Crippen LogP contribution in [0.15, 0.2) is 24.3 Å². The Balaban J connectivity index is 1.78. The third-order valence-corrected chi connectivity index (χ3v) is 4.33. The van der Waals surface area contributed by atoms with E-state index in [2.05, 4.69) is 26.1 Å². The molecule has 6 heteroatoms. The van der Waals surface area contributed by atoms with Gasteiger partial charge < -0.3 is 19.9 Å². The number of rotatable bonds is 4. The number of urea groups is 1. The van der Waals surface area contributed by atoms with Crippen molar-refractivity contribution in [3.8, 4) is 5.75 Å². The van der Waals surface area contributed by atoms with Crippen molar-refractivity contribution in [2.24, 2.45) is 0 Å². The Kier molecular flexibility index (Phi) is 6.28. The van der Waals surface area contributed by atoms with Crippen molar-refractivity contribution in [3.05, 3.63) is 29.8 Å². The highest BCUT2D eigenvalue weighted by atomic mass is 16.5. The number of benzene rings is 1. The van der Waals surface area contributed by atoms with E-state index in [0.29, 0.717) is 38.5 Å². The molecule has 0 aromatic heterocycles. The number of ether oxygens (including phenoxy) is 1. The Labute approximate surface area is 150 Å². The van der Waals surface area contributed by atoms with Gasteiger partial charge in [0.15, 0.2) is 6.61 Å². The smallest absolute Gasteiger partial charge is 0.317 e. The number of hydrogen-bond acceptors (Lipinski definition) is 3. The second kappa shape index (κ2) is 8.23. The van der Waals surface area contributed by atoms with Crippen molar-refractivity contribution in [1.82, 2.24) is 15.1 Å². The van der Waals surface area contributed by atoms with E-state index >= 15 is 0 Å². The molecular weight excluding hydrogens is 318 g/mol. The van der Waals surface area contributed by atoms with Gasteiger partial charge >= 0.3 is 6.03 Å². The summed E-state index contributed by atoms with van der Waals surface area (Å²) in [6.07, 6.45) is 0. The van der Waals surface area contributed by atoms with Crippen LogP contribution in [0.3, 0.4) is 0 Å². The summed E-state index contributed by atoms with van der Waals surface area (Å²) >= 11 is 0. The van der Waals surface area contributed by atoms with E-state index in [1.807, 2.05) is 31.2 Å². The van der Waals surface area contributed by atoms with Crippen LogP contribution in [0.4, 0.5) is 4.79 Å². The molecule has 1 heterocycles. The molecule has 0 radical (unpaired) electrons. The molecule has 1 aromatic carbocycles. The van der Waals surface area contributed by atoms with E-state index in [1.54, 1.807) is 9.80 Å². The molecule has 1 aliphatic rings. The van der Waals surface area contributed by atoms with E-state index in [1.165, 1.54) is 5.56 Å². The topological polar surface area (TPSA) is 61.9 Å². The fourth-order valence-corrected chi connectivity index (χ4v) is 2.71. The van der Waals surface area contributed by atoms with Gasteiger partial charge in [-0.05, 0) is 30.0 Å². The quantitative estimate of drug-likeness (QED) is 0.909.